The van der Waals surface area contributed by atoms with Crippen LogP contribution in [0.25, 0.3) is 5.65 Å². The van der Waals surface area contributed by atoms with Gasteiger partial charge < -0.3 is 0 Å². The van der Waals surface area contributed by atoms with Crippen LogP contribution >= 0.6 is 11.6 Å². The number of carbonyl (C=O) groups excluding carboxylic acids is 1. The largest absolute Gasteiger partial charge is 0.295 e. The maximum Gasteiger partial charge on any atom is 0.290 e. The minimum Gasteiger partial charge on any atom is -0.295 e. The summed E-state index contributed by atoms with van der Waals surface area (Å²) in [7, 11) is 0. The molecule has 3 aromatic rings. The number of aromatic nitrogens is 2. The Morgan fingerprint density at radius 3 is 2.92 bits per heavy atom. The number of imidazole rings is 1. The molecule has 3 rings (SSSR count). The van der Waals surface area contributed by atoms with E-state index in [9.17, 15) is 9.18 Å². The first-order valence-corrected chi connectivity index (χ1v) is 7.58. The van der Waals surface area contributed by atoms with Gasteiger partial charge in [-0.05, 0) is 43.7 Å². The number of hydrogen-bond acceptors (Lipinski definition) is 3. The molecule has 2 heterocycles. The SMILES string of the molecule is Cc1ccn2c(C(=O)N/N=C/c3c(F)cccc3Cl)c(C)nc2c1. The molecular formula is C17H14ClFN4O. The molecule has 0 aliphatic rings. The van der Waals surface area contributed by atoms with Crippen LogP contribution in [0.5, 0.6) is 0 Å². The molecule has 7 heteroatoms. The van der Waals surface area contributed by atoms with Crippen molar-refractivity contribution in [1.29, 1.82) is 0 Å². The van der Waals surface area contributed by atoms with E-state index in [1.54, 1.807) is 23.6 Å². The third-order valence-electron chi connectivity index (χ3n) is 3.53. The van der Waals surface area contributed by atoms with Crippen LogP contribution in [0.4, 0.5) is 4.39 Å². The van der Waals surface area contributed by atoms with Crippen LogP contribution in [0, 0.1) is 19.7 Å². The van der Waals surface area contributed by atoms with Crippen LogP contribution in [0.1, 0.15) is 27.3 Å². The minimum absolute atomic E-state index is 0.116. The Morgan fingerprint density at radius 2 is 2.17 bits per heavy atom. The maximum absolute atomic E-state index is 13.7. The molecule has 0 saturated heterocycles. The van der Waals surface area contributed by atoms with E-state index in [2.05, 4.69) is 15.5 Å². The molecule has 122 valence electrons. The van der Waals surface area contributed by atoms with E-state index in [1.807, 2.05) is 19.1 Å². The van der Waals surface area contributed by atoms with Crippen molar-refractivity contribution in [2.24, 2.45) is 5.10 Å². The molecule has 0 aliphatic carbocycles. The van der Waals surface area contributed by atoms with Crippen LogP contribution in [0.2, 0.25) is 5.02 Å². The number of fused-ring (bicyclic) bond motifs is 1. The molecule has 0 radical (unpaired) electrons. The van der Waals surface area contributed by atoms with E-state index in [1.165, 1.54) is 18.3 Å². The lowest BCUT2D eigenvalue weighted by Crippen LogP contribution is -2.20. The zero-order chi connectivity index (χ0) is 17.3. The summed E-state index contributed by atoms with van der Waals surface area (Å²) < 4.78 is 15.3. The zero-order valence-corrected chi connectivity index (χ0v) is 13.8. The third-order valence-corrected chi connectivity index (χ3v) is 3.86. The number of rotatable bonds is 3. The summed E-state index contributed by atoms with van der Waals surface area (Å²) >= 11 is 5.90. The lowest BCUT2D eigenvalue weighted by molar-refractivity contribution is 0.0948. The Balaban J connectivity index is 1.86. The quantitative estimate of drug-likeness (QED) is 0.584. The van der Waals surface area contributed by atoms with Crippen molar-refractivity contribution in [2.45, 2.75) is 13.8 Å². The number of pyridine rings is 1. The zero-order valence-electron chi connectivity index (χ0n) is 13.0. The Labute approximate surface area is 142 Å². The molecule has 24 heavy (non-hydrogen) atoms. The summed E-state index contributed by atoms with van der Waals surface area (Å²) in [5.74, 6) is -0.950. The highest BCUT2D eigenvalue weighted by molar-refractivity contribution is 6.33. The second-order valence-electron chi connectivity index (χ2n) is 5.31. The van der Waals surface area contributed by atoms with E-state index in [0.717, 1.165) is 5.56 Å². The van der Waals surface area contributed by atoms with Gasteiger partial charge >= 0.3 is 0 Å². The van der Waals surface area contributed by atoms with Crippen molar-refractivity contribution >= 4 is 29.4 Å². The Hall–Kier alpha value is -2.73. The van der Waals surface area contributed by atoms with Crippen molar-refractivity contribution in [3.05, 3.63) is 69.9 Å². The molecular weight excluding hydrogens is 331 g/mol. The van der Waals surface area contributed by atoms with Crippen molar-refractivity contribution in [2.75, 3.05) is 0 Å². The van der Waals surface area contributed by atoms with Gasteiger partial charge in [0.15, 0.2) is 0 Å². The van der Waals surface area contributed by atoms with E-state index in [4.69, 9.17) is 11.6 Å². The van der Waals surface area contributed by atoms with E-state index < -0.39 is 11.7 Å². The number of benzene rings is 1. The smallest absolute Gasteiger partial charge is 0.290 e. The molecule has 2 aromatic heterocycles. The average molecular weight is 345 g/mol. The number of hydrogen-bond donors (Lipinski definition) is 1. The Bertz CT molecular complexity index is 944. The first-order chi connectivity index (χ1) is 11.5. The number of aryl methyl sites for hydroxylation is 2. The summed E-state index contributed by atoms with van der Waals surface area (Å²) in [5.41, 5.74) is 5.18. The molecule has 0 aliphatic heterocycles. The highest BCUT2D eigenvalue weighted by atomic mass is 35.5. The Morgan fingerprint density at radius 1 is 1.38 bits per heavy atom. The number of halogens is 2. The van der Waals surface area contributed by atoms with Crippen LogP contribution in [-0.2, 0) is 0 Å². The molecule has 0 saturated carbocycles. The first-order valence-electron chi connectivity index (χ1n) is 7.20. The van der Waals surface area contributed by atoms with Gasteiger partial charge in [0.05, 0.1) is 16.9 Å². The third kappa shape index (κ3) is 3.00. The molecule has 0 fully saturated rings. The predicted octanol–water partition coefficient (Wildman–Crippen LogP) is 3.51. The monoisotopic (exact) mass is 344 g/mol. The maximum atomic E-state index is 13.7. The number of nitrogens with one attached hydrogen (secondary N) is 1. The fourth-order valence-corrected chi connectivity index (χ4v) is 2.59. The fourth-order valence-electron chi connectivity index (χ4n) is 2.38. The second kappa shape index (κ2) is 6.41. The first kappa shape index (κ1) is 16.1. The van der Waals surface area contributed by atoms with Crippen molar-refractivity contribution in [3.8, 4) is 0 Å². The van der Waals surface area contributed by atoms with Crippen LogP contribution in [0.15, 0.2) is 41.6 Å². The molecule has 1 N–H and O–H groups in total. The predicted molar refractivity (Wildman–Crippen MR) is 91.1 cm³/mol. The lowest BCUT2D eigenvalue weighted by Gasteiger charge is -2.03. The van der Waals surface area contributed by atoms with Crippen LogP contribution in [-0.4, -0.2) is 21.5 Å². The van der Waals surface area contributed by atoms with Crippen LogP contribution < -0.4 is 5.43 Å². The van der Waals surface area contributed by atoms with Crippen LogP contribution in [0.3, 0.4) is 0 Å². The van der Waals surface area contributed by atoms with Gasteiger partial charge in [0.25, 0.3) is 5.91 Å². The number of hydrazone groups is 1. The molecule has 0 unspecified atom stereocenters. The molecule has 1 aromatic carbocycles. The topological polar surface area (TPSA) is 58.8 Å². The van der Waals surface area contributed by atoms with E-state index in [-0.39, 0.29) is 10.6 Å². The summed E-state index contributed by atoms with van der Waals surface area (Å²) in [6.45, 7) is 3.70. The molecule has 5 nitrogen and oxygen atoms in total. The van der Waals surface area contributed by atoms with Gasteiger partial charge in [-0.1, -0.05) is 17.7 Å². The summed E-state index contributed by atoms with van der Waals surface area (Å²) in [6.07, 6.45) is 2.95. The van der Waals surface area contributed by atoms with Gasteiger partial charge in [0, 0.05) is 11.8 Å². The van der Waals surface area contributed by atoms with Gasteiger partial charge in [-0.25, -0.2) is 14.8 Å². The van der Waals surface area contributed by atoms with Gasteiger partial charge in [-0.2, -0.15) is 5.10 Å². The van der Waals surface area contributed by atoms with E-state index in [0.29, 0.717) is 17.0 Å². The summed E-state index contributed by atoms with van der Waals surface area (Å²) in [5, 5.41) is 4.01. The number of amides is 1. The van der Waals surface area contributed by atoms with Gasteiger partial charge in [-0.3, -0.25) is 9.20 Å². The van der Waals surface area contributed by atoms with Gasteiger partial charge in [0.1, 0.15) is 17.2 Å². The fraction of sp³-hybridized carbons (Fsp3) is 0.118. The standard InChI is InChI=1S/C17H14ClFN4O/c1-10-6-7-23-15(8-10)21-11(2)16(23)17(24)22-20-9-12-13(18)4-3-5-14(12)19/h3-9H,1-2H3,(H,22,24)/b20-9+. The average Bonchev–Trinajstić information content (AvgIpc) is 2.85. The van der Waals surface area contributed by atoms with Crippen molar-refractivity contribution in [1.82, 2.24) is 14.8 Å². The van der Waals surface area contributed by atoms with Gasteiger partial charge in [-0.15, -0.1) is 0 Å². The number of carbonyl (C=O) groups is 1. The summed E-state index contributed by atoms with van der Waals surface area (Å²) in [6, 6.07) is 8.08. The van der Waals surface area contributed by atoms with Gasteiger partial charge in [0.2, 0.25) is 0 Å². The van der Waals surface area contributed by atoms with E-state index >= 15 is 0 Å². The lowest BCUT2D eigenvalue weighted by atomic mass is 10.2. The Kier molecular flexibility index (Phi) is 4.31. The minimum atomic E-state index is -0.512. The van der Waals surface area contributed by atoms with Crippen molar-refractivity contribution in [3.63, 3.8) is 0 Å². The molecule has 1 amide bonds. The number of nitrogens with zero attached hydrogens (tertiary/aromatic N) is 3. The molecule has 0 spiro atoms. The van der Waals surface area contributed by atoms with Crippen molar-refractivity contribution < 1.29 is 9.18 Å². The summed E-state index contributed by atoms with van der Waals surface area (Å²) in [4.78, 5) is 16.7. The molecule has 0 atom stereocenters. The highest BCUT2D eigenvalue weighted by Crippen LogP contribution is 2.17. The highest BCUT2D eigenvalue weighted by Gasteiger charge is 2.16. The molecule has 0 bridgehead atoms. The second-order valence-corrected chi connectivity index (χ2v) is 5.72. The normalized spacial score (nSPS) is 11.3.